The van der Waals surface area contributed by atoms with E-state index in [4.69, 9.17) is 0 Å². The van der Waals surface area contributed by atoms with Crippen molar-refractivity contribution in [2.24, 2.45) is 5.92 Å². The Kier molecular flexibility index (Phi) is 4.94. The first-order chi connectivity index (χ1) is 11.9. The molecule has 0 spiro atoms. The molecule has 6 nitrogen and oxygen atoms in total. The molecule has 0 aliphatic rings. The molecule has 0 radical (unpaired) electrons. The van der Waals surface area contributed by atoms with Crippen molar-refractivity contribution in [1.29, 1.82) is 0 Å². The van der Waals surface area contributed by atoms with Crippen LogP contribution in [0.4, 0.5) is 0 Å². The number of nitrogens with one attached hydrogen (secondary N) is 3. The van der Waals surface area contributed by atoms with Crippen LogP contribution in [0.3, 0.4) is 0 Å². The normalized spacial score (nSPS) is 12.9. The Hall–Kier alpha value is -2.15. The molecule has 7 heteroatoms. The van der Waals surface area contributed by atoms with E-state index in [0.717, 1.165) is 22.6 Å². The third kappa shape index (κ3) is 3.46. The summed E-state index contributed by atoms with van der Waals surface area (Å²) in [6.07, 6.45) is 0. The van der Waals surface area contributed by atoms with E-state index in [1.165, 1.54) is 0 Å². The number of carbonyl (C=O) groups is 1. The SMILES string of the molecule is CC(C)c1[nH]nc(C(=O)NC(c2nc3ccccc3[nH]2)C(C)C)c1Br. The van der Waals surface area contributed by atoms with E-state index in [2.05, 4.69) is 55.3 Å². The van der Waals surface area contributed by atoms with Gasteiger partial charge in [0.05, 0.1) is 27.2 Å². The zero-order valence-electron chi connectivity index (χ0n) is 14.7. The number of carbonyl (C=O) groups excluding carboxylic acids is 1. The molecule has 0 saturated carbocycles. The second kappa shape index (κ2) is 7.00. The highest BCUT2D eigenvalue weighted by atomic mass is 79.9. The maximum Gasteiger partial charge on any atom is 0.273 e. The van der Waals surface area contributed by atoms with Gasteiger partial charge in [-0.3, -0.25) is 9.89 Å². The molecule has 2 heterocycles. The number of hydrogen-bond acceptors (Lipinski definition) is 3. The van der Waals surface area contributed by atoms with Gasteiger partial charge in [0.15, 0.2) is 5.69 Å². The highest BCUT2D eigenvalue weighted by molar-refractivity contribution is 9.10. The van der Waals surface area contributed by atoms with Crippen molar-refractivity contribution in [1.82, 2.24) is 25.5 Å². The lowest BCUT2D eigenvalue weighted by Crippen LogP contribution is -2.33. The first kappa shape index (κ1) is 17.7. The number of halogens is 1. The summed E-state index contributed by atoms with van der Waals surface area (Å²) in [5, 5.41) is 10.2. The van der Waals surface area contributed by atoms with Crippen molar-refractivity contribution < 1.29 is 4.79 Å². The summed E-state index contributed by atoms with van der Waals surface area (Å²) in [6, 6.07) is 7.61. The van der Waals surface area contributed by atoms with E-state index in [1.54, 1.807) is 0 Å². The lowest BCUT2D eigenvalue weighted by atomic mass is 10.0. The highest BCUT2D eigenvalue weighted by Crippen LogP contribution is 2.27. The van der Waals surface area contributed by atoms with E-state index in [1.807, 2.05) is 38.1 Å². The molecule has 1 unspecified atom stereocenters. The van der Waals surface area contributed by atoms with E-state index < -0.39 is 0 Å². The number of nitrogens with zero attached hydrogens (tertiary/aromatic N) is 2. The zero-order chi connectivity index (χ0) is 18.1. The molecule has 1 atom stereocenters. The topological polar surface area (TPSA) is 86.5 Å². The summed E-state index contributed by atoms with van der Waals surface area (Å²) in [4.78, 5) is 20.7. The maximum atomic E-state index is 12.7. The molecular formula is C18H22BrN5O. The second-order valence-electron chi connectivity index (χ2n) is 6.79. The first-order valence-electron chi connectivity index (χ1n) is 8.37. The molecule has 1 aromatic carbocycles. The summed E-state index contributed by atoms with van der Waals surface area (Å²) >= 11 is 3.49. The number of imidazole rings is 1. The Bertz CT molecular complexity index is 863. The van der Waals surface area contributed by atoms with Crippen molar-refractivity contribution >= 4 is 32.9 Å². The zero-order valence-corrected chi connectivity index (χ0v) is 16.3. The van der Waals surface area contributed by atoms with Crippen LogP contribution in [0.2, 0.25) is 0 Å². The number of benzene rings is 1. The summed E-state index contributed by atoms with van der Waals surface area (Å²) < 4.78 is 0.715. The highest BCUT2D eigenvalue weighted by Gasteiger charge is 2.26. The number of hydrogen-bond donors (Lipinski definition) is 3. The molecular weight excluding hydrogens is 382 g/mol. The monoisotopic (exact) mass is 403 g/mol. The third-order valence-electron chi connectivity index (χ3n) is 4.18. The summed E-state index contributed by atoms with van der Waals surface area (Å²) in [5.41, 5.74) is 3.13. The fourth-order valence-electron chi connectivity index (χ4n) is 2.76. The molecule has 3 rings (SSSR count). The number of aromatic nitrogens is 4. The van der Waals surface area contributed by atoms with Gasteiger partial charge in [0.2, 0.25) is 0 Å². The van der Waals surface area contributed by atoms with E-state index in [0.29, 0.717) is 10.2 Å². The van der Waals surface area contributed by atoms with Gasteiger partial charge in [-0.15, -0.1) is 0 Å². The van der Waals surface area contributed by atoms with Gasteiger partial charge in [0, 0.05) is 0 Å². The van der Waals surface area contributed by atoms with E-state index in [-0.39, 0.29) is 23.8 Å². The average molecular weight is 404 g/mol. The minimum absolute atomic E-state index is 0.173. The molecule has 0 saturated heterocycles. The average Bonchev–Trinajstić information content (AvgIpc) is 3.15. The van der Waals surface area contributed by atoms with Gasteiger partial charge in [-0.05, 0) is 39.9 Å². The summed E-state index contributed by atoms with van der Waals surface area (Å²) in [5.74, 6) is 0.945. The second-order valence-corrected chi connectivity index (χ2v) is 7.58. The Balaban J connectivity index is 1.88. The van der Waals surface area contributed by atoms with Crippen LogP contribution in [-0.2, 0) is 0 Å². The van der Waals surface area contributed by atoms with Gasteiger partial charge >= 0.3 is 0 Å². The molecule has 0 aliphatic carbocycles. The number of para-hydroxylation sites is 2. The lowest BCUT2D eigenvalue weighted by molar-refractivity contribution is 0.0917. The molecule has 25 heavy (non-hydrogen) atoms. The number of H-pyrrole nitrogens is 2. The Morgan fingerprint density at radius 2 is 1.92 bits per heavy atom. The fourth-order valence-corrected chi connectivity index (χ4v) is 3.57. The van der Waals surface area contributed by atoms with Crippen LogP contribution in [0.25, 0.3) is 11.0 Å². The summed E-state index contributed by atoms with van der Waals surface area (Å²) in [7, 11) is 0. The standard InChI is InChI=1S/C18H22BrN5O/c1-9(2)14-13(19)16(24-23-14)18(25)22-15(10(3)4)17-20-11-7-5-6-8-12(11)21-17/h5-10,15H,1-4H3,(H,20,21)(H,22,25)(H,23,24). The van der Waals surface area contributed by atoms with Gasteiger partial charge in [0.25, 0.3) is 5.91 Å². The predicted molar refractivity (Wildman–Crippen MR) is 102 cm³/mol. The predicted octanol–water partition coefficient (Wildman–Crippen LogP) is 4.30. The molecule has 2 aromatic heterocycles. The van der Waals surface area contributed by atoms with Gasteiger partial charge in [-0.25, -0.2) is 4.98 Å². The molecule has 3 aromatic rings. The first-order valence-corrected chi connectivity index (χ1v) is 9.17. The van der Waals surface area contributed by atoms with Gasteiger partial charge in [-0.1, -0.05) is 39.8 Å². The van der Waals surface area contributed by atoms with Crippen LogP contribution in [0.5, 0.6) is 0 Å². The van der Waals surface area contributed by atoms with Crippen LogP contribution >= 0.6 is 15.9 Å². The van der Waals surface area contributed by atoms with Gasteiger partial charge < -0.3 is 10.3 Å². The van der Waals surface area contributed by atoms with Crippen molar-refractivity contribution in [3.05, 3.63) is 46.0 Å². The fraction of sp³-hybridized carbons (Fsp3) is 0.389. The van der Waals surface area contributed by atoms with Crippen LogP contribution in [0.1, 0.15) is 61.7 Å². The maximum absolute atomic E-state index is 12.7. The molecule has 0 bridgehead atoms. The Morgan fingerprint density at radius 3 is 2.52 bits per heavy atom. The minimum atomic E-state index is -0.231. The quantitative estimate of drug-likeness (QED) is 0.593. The molecule has 1 amide bonds. The van der Waals surface area contributed by atoms with Crippen LogP contribution in [0, 0.1) is 5.92 Å². The van der Waals surface area contributed by atoms with E-state index >= 15 is 0 Å². The molecule has 3 N–H and O–H groups in total. The van der Waals surface area contributed by atoms with Gasteiger partial charge in [0.1, 0.15) is 5.82 Å². The molecule has 0 fully saturated rings. The Morgan fingerprint density at radius 1 is 1.20 bits per heavy atom. The van der Waals surface area contributed by atoms with Crippen molar-refractivity contribution in [2.75, 3.05) is 0 Å². The third-order valence-corrected chi connectivity index (χ3v) is 4.98. The number of amides is 1. The smallest absolute Gasteiger partial charge is 0.273 e. The molecule has 132 valence electrons. The van der Waals surface area contributed by atoms with Gasteiger partial charge in [-0.2, -0.15) is 5.10 Å². The number of fused-ring (bicyclic) bond motifs is 1. The number of aromatic amines is 2. The summed E-state index contributed by atoms with van der Waals surface area (Å²) in [6.45, 7) is 8.20. The number of rotatable bonds is 5. The Labute approximate surface area is 154 Å². The van der Waals surface area contributed by atoms with Crippen LogP contribution in [-0.4, -0.2) is 26.1 Å². The minimum Gasteiger partial charge on any atom is -0.340 e. The van der Waals surface area contributed by atoms with Crippen molar-refractivity contribution in [3.8, 4) is 0 Å². The van der Waals surface area contributed by atoms with Crippen molar-refractivity contribution in [2.45, 2.75) is 39.7 Å². The van der Waals surface area contributed by atoms with Crippen LogP contribution in [0.15, 0.2) is 28.7 Å². The largest absolute Gasteiger partial charge is 0.340 e. The molecule has 0 aliphatic heterocycles. The van der Waals surface area contributed by atoms with Crippen LogP contribution < -0.4 is 5.32 Å². The van der Waals surface area contributed by atoms with E-state index in [9.17, 15) is 4.79 Å². The van der Waals surface area contributed by atoms with Crippen molar-refractivity contribution in [3.63, 3.8) is 0 Å². The lowest BCUT2D eigenvalue weighted by Gasteiger charge is -2.19.